The Morgan fingerprint density at radius 2 is 2.06 bits per heavy atom. The summed E-state index contributed by atoms with van der Waals surface area (Å²) < 4.78 is 5.26. The molecule has 1 aliphatic rings. The van der Waals surface area contributed by atoms with E-state index in [-0.39, 0.29) is 0 Å². The van der Waals surface area contributed by atoms with E-state index < -0.39 is 0 Å². The second-order valence-electron chi connectivity index (χ2n) is 5.07. The van der Waals surface area contributed by atoms with Gasteiger partial charge in [-0.3, -0.25) is 0 Å². The van der Waals surface area contributed by atoms with E-state index in [1.807, 2.05) is 13.1 Å². The Labute approximate surface area is 104 Å². The highest BCUT2D eigenvalue weighted by Gasteiger charge is 2.41. The van der Waals surface area contributed by atoms with E-state index >= 15 is 0 Å². The molecule has 0 aliphatic heterocycles. The summed E-state index contributed by atoms with van der Waals surface area (Å²) in [6, 6.07) is 6.25. The van der Waals surface area contributed by atoms with E-state index in [9.17, 15) is 0 Å². The first-order valence-electron chi connectivity index (χ1n) is 6.22. The Bertz CT molecular complexity index is 386. The molecule has 0 unspecified atom stereocenters. The van der Waals surface area contributed by atoms with E-state index in [1.54, 1.807) is 7.11 Å². The van der Waals surface area contributed by atoms with E-state index in [0.717, 1.165) is 18.8 Å². The van der Waals surface area contributed by atoms with Crippen molar-refractivity contribution in [2.24, 2.45) is 5.41 Å². The molecule has 1 aliphatic carbocycles. The van der Waals surface area contributed by atoms with Crippen molar-refractivity contribution in [3.63, 3.8) is 0 Å². The van der Waals surface area contributed by atoms with Gasteiger partial charge in [-0.05, 0) is 50.6 Å². The topological polar surface area (TPSA) is 33.3 Å². The van der Waals surface area contributed by atoms with Crippen LogP contribution in [-0.4, -0.2) is 27.2 Å². The standard InChI is InChI=1S/C14H22N2O/c1-11-8-12(4-5-13(11)17-3)16-10-14(6-7-14)9-15-2/h4-5,8,15-16H,6-7,9-10H2,1-3H3. The van der Waals surface area contributed by atoms with Crippen molar-refractivity contribution in [2.75, 3.05) is 32.6 Å². The van der Waals surface area contributed by atoms with Gasteiger partial charge in [0.15, 0.2) is 0 Å². The van der Waals surface area contributed by atoms with Crippen LogP contribution in [0.25, 0.3) is 0 Å². The number of aryl methyl sites for hydroxylation is 1. The highest BCUT2D eigenvalue weighted by Crippen LogP contribution is 2.44. The molecule has 3 nitrogen and oxygen atoms in total. The van der Waals surface area contributed by atoms with Gasteiger partial charge in [-0.25, -0.2) is 0 Å². The summed E-state index contributed by atoms with van der Waals surface area (Å²) in [5.41, 5.74) is 2.85. The summed E-state index contributed by atoms with van der Waals surface area (Å²) in [6.07, 6.45) is 2.66. The number of hydrogen-bond acceptors (Lipinski definition) is 3. The van der Waals surface area contributed by atoms with Crippen LogP contribution in [0.3, 0.4) is 0 Å². The summed E-state index contributed by atoms with van der Waals surface area (Å²) in [4.78, 5) is 0. The Morgan fingerprint density at radius 3 is 2.59 bits per heavy atom. The first-order valence-corrected chi connectivity index (χ1v) is 6.22. The molecule has 0 saturated heterocycles. The molecule has 0 heterocycles. The smallest absolute Gasteiger partial charge is 0.121 e. The lowest BCUT2D eigenvalue weighted by molar-refractivity contribution is 0.412. The molecule has 17 heavy (non-hydrogen) atoms. The Balaban J connectivity index is 1.93. The third-order valence-corrected chi connectivity index (χ3v) is 3.57. The number of anilines is 1. The molecular formula is C14H22N2O. The first-order chi connectivity index (χ1) is 8.19. The Kier molecular flexibility index (Phi) is 3.57. The van der Waals surface area contributed by atoms with Crippen LogP contribution in [0.1, 0.15) is 18.4 Å². The maximum absolute atomic E-state index is 5.26. The van der Waals surface area contributed by atoms with Gasteiger partial charge in [0.05, 0.1) is 7.11 Å². The predicted molar refractivity (Wildman–Crippen MR) is 71.8 cm³/mol. The molecule has 0 bridgehead atoms. The first kappa shape index (κ1) is 12.2. The third kappa shape index (κ3) is 2.91. The number of hydrogen-bond donors (Lipinski definition) is 2. The van der Waals surface area contributed by atoms with Gasteiger partial charge in [-0.1, -0.05) is 0 Å². The summed E-state index contributed by atoms with van der Waals surface area (Å²) in [5.74, 6) is 0.951. The van der Waals surface area contributed by atoms with Crippen LogP contribution >= 0.6 is 0 Å². The summed E-state index contributed by atoms with van der Waals surface area (Å²) in [5, 5.41) is 6.81. The van der Waals surface area contributed by atoms with Crippen molar-refractivity contribution in [1.82, 2.24) is 5.32 Å². The third-order valence-electron chi connectivity index (χ3n) is 3.57. The van der Waals surface area contributed by atoms with Crippen LogP contribution in [0.5, 0.6) is 5.75 Å². The molecule has 94 valence electrons. The molecular weight excluding hydrogens is 212 g/mol. The maximum Gasteiger partial charge on any atom is 0.121 e. The molecule has 1 saturated carbocycles. The molecule has 2 rings (SSSR count). The van der Waals surface area contributed by atoms with Gasteiger partial charge in [-0.15, -0.1) is 0 Å². The second-order valence-corrected chi connectivity index (χ2v) is 5.07. The van der Waals surface area contributed by atoms with E-state index in [4.69, 9.17) is 4.74 Å². The zero-order chi connectivity index (χ0) is 12.3. The number of nitrogens with one attached hydrogen (secondary N) is 2. The van der Waals surface area contributed by atoms with E-state index in [1.165, 1.54) is 24.1 Å². The quantitative estimate of drug-likeness (QED) is 0.793. The average molecular weight is 234 g/mol. The van der Waals surface area contributed by atoms with Crippen molar-refractivity contribution in [1.29, 1.82) is 0 Å². The van der Waals surface area contributed by atoms with Gasteiger partial charge in [0.1, 0.15) is 5.75 Å². The lowest BCUT2D eigenvalue weighted by Gasteiger charge is -2.17. The SMILES string of the molecule is CNCC1(CNc2ccc(OC)c(C)c2)CC1. The van der Waals surface area contributed by atoms with Crippen molar-refractivity contribution < 1.29 is 4.74 Å². The number of methoxy groups -OCH3 is 1. The van der Waals surface area contributed by atoms with Gasteiger partial charge in [0, 0.05) is 24.2 Å². The molecule has 0 aromatic heterocycles. The van der Waals surface area contributed by atoms with Crippen LogP contribution in [-0.2, 0) is 0 Å². The van der Waals surface area contributed by atoms with Gasteiger partial charge >= 0.3 is 0 Å². The van der Waals surface area contributed by atoms with Crippen LogP contribution in [0.4, 0.5) is 5.69 Å². The lowest BCUT2D eigenvalue weighted by Crippen LogP contribution is -2.26. The van der Waals surface area contributed by atoms with Gasteiger partial charge in [0.25, 0.3) is 0 Å². The number of rotatable bonds is 6. The van der Waals surface area contributed by atoms with Gasteiger partial charge in [-0.2, -0.15) is 0 Å². The second kappa shape index (κ2) is 4.96. The van der Waals surface area contributed by atoms with Gasteiger partial charge in [0.2, 0.25) is 0 Å². The molecule has 0 amide bonds. The fourth-order valence-corrected chi connectivity index (χ4v) is 2.25. The van der Waals surface area contributed by atoms with Crippen LogP contribution in [0.15, 0.2) is 18.2 Å². The molecule has 2 N–H and O–H groups in total. The molecule has 0 radical (unpaired) electrons. The van der Waals surface area contributed by atoms with E-state index in [0.29, 0.717) is 5.41 Å². The monoisotopic (exact) mass is 234 g/mol. The largest absolute Gasteiger partial charge is 0.496 e. The van der Waals surface area contributed by atoms with Crippen molar-refractivity contribution in [3.8, 4) is 5.75 Å². The molecule has 3 heteroatoms. The predicted octanol–water partition coefficient (Wildman–Crippen LogP) is 2.42. The fraction of sp³-hybridized carbons (Fsp3) is 0.571. The summed E-state index contributed by atoms with van der Waals surface area (Å²) >= 11 is 0. The zero-order valence-electron chi connectivity index (χ0n) is 11.0. The molecule has 1 aromatic carbocycles. The lowest BCUT2D eigenvalue weighted by atomic mass is 10.1. The maximum atomic E-state index is 5.26. The normalized spacial score (nSPS) is 16.6. The van der Waals surface area contributed by atoms with Crippen molar-refractivity contribution in [3.05, 3.63) is 23.8 Å². The summed E-state index contributed by atoms with van der Waals surface area (Å²) in [6.45, 7) is 4.24. The minimum Gasteiger partial charge on any atom is -0.496 e. The minimum absolute atomic E-state index is 0.489. The van der Waals surface area contributed by atoms with Crippen LogP contribution in [0.2, 0.25) is 0 Å². The Hall–Kier alpha value is -1.22. The highest BCUT2D eigenvalue weighted by atomic mass is 16.5. The minimum atomic E-state index is 0.489. The van der Waals surface area contributed by atoms with Gasteiger partial charge < -0.3 is 15.4 Å². The molecule has 1 fully saturated rings. The highest BCUT2D eigenvalue weighted by molar-refractivity contribution is 5.51. The number of benzene rings is 1. The van der Waals surface area contributed by atoms with Crippen LogP contribution in [0, 0.1) is 12.3 Å². The molecule has 1 aromatic rings. The Morgan fingerprint density at radius 1 is 1.29 bits per heavy atom. The van der Waals surface area contributed by atoms with Crippen molar-refractivity contribution in [2.45, 2.75) is 19.8 Å². The summed E-state index contributed by atoms with van der Waals surface area (Å²) in [7, 11) is 3.74. The average Bonchev–Trinajstić information content (AvgIpc) is 3.08. The fourth-order valence-electron chi connectivity index (χ4n) is 2.25. The molecule has 0 atom stereocenters. The van der Waals surface area contributed by atoms with Crippen LogP contribution < -0.4 is 15.4 Å². The zero-order valence-corrected chi connectivity index (χ0v) is 11.0. The van der Waals surface area contributed by atoms with Crippen molar-refractivity contribution >= 4 is 5.69 Å². The number of ether oxygens (including phenoxy) is 1. The van der Waals surface area contributed by atoms with E-state index in [2.05, 4.69) is 29.7 Å². The molecule has 0 spiro atoms.